The molecule has 2 nitrogen and oxygen atoms in total. The highest BCUT2D eigenvalue weighted by molar-refractivity contribution is 7.08. The molecule has 1 aliphatic rings. The minimum absolute atomic E-state index is 0.675. The van der Waals surface area contributed by atoms with Crippen molar-refractivity contribution in [1.82, 2.24) is 9.47 Å². The number of fused-ring (bicyclic) bond motifs is 1. The van der Waals surface area contributed by atoms with Gasteiger partial charge in [-0.15, -0.1) is 0 Å². The van der Waals surface area contributed by atoms with Crippen LogP contribution in [0.5, 0.6) is 0 Å². The number of hydrogen-bond acceptors (Lipinski definition) is 2. The first-order valence-corrected chi connectivity index (χ1v) is 9.07. The van der Waals surface area contributed by atoms with E-state index in [2.05, 4.69) is 63.8 Å². The first-order valence-electron chi connectivity index (χ1n) is 8.13. The SMILES string of the molecule is CN1CCCCC1Cn1ccc2ccc(-c3ccsc3)cc21. The van der Waals surface area contributed by atoms with Crippen LogP contribution in [0.1, 0.15) is 19.3 Å². The van der Waals surface area contributed by atoms with E-state index in [1.54, 1.807) is 11.3 Å². The van der Waals surface area contributed by atoms with Crippen molar-refractivity contribution in [3.63, 3.8) is 0 Å². The molecule has 3 heteroatoms. The maximum Gasteiger partial charge on any atom is 0.0487 e. The van der Waals surface area contributed by atoms with Crippen molar-refractivity contribution in [1.29, 1.82) is 0 Å². The van der Waals surface area contributed by atoms with Crippen molar-refractivity contribution in [3.8, 4) is 11.1 Å². The minimum Gasteiger partial charge on any atom is -0.346 e. The van der Waals surface area contributed by atoms with Crippen molar-refractivity contribution in [2.75, 3.05) is 13.6 Å². The quantitative estimate of drug-likeness (QED) is 0.671. The fourth-order valence-corrected chi connectivity index (χ4v) is 4.22. The number of rotatable bonds is 3. The van der Waals surface area contributed by atoms with E-state index in [1.165, 1.54) is 47.8 Å². The molecule has 0 aliphatic carbocycles. The van der Waals surface area contributed by atoms with Crippen LogP contribution in [0.3, 0.4) is 0 Å². The van der Waals surface area contributed by atoms with Gasteiger partial charge in [-0.3, -0.25) is 0 Å². The first kappa shape index (κ1) is 14.0. The van der Waals surface area contributed by atoms with Crippen molar-refractivity contribution in [2.45, 2.75) is 31.8 Å². The van der Waals surface area contributed by atoms with Crippen LogP contribution in [0, 0.1) is 0 Å². The van der Waals surface area contributed by atoms with Crippen molar-refractivity contribution in [3.05, 3.63) is 47.3 Å². The topological polar surface area (TPSA) is 8.17 Å². The molecule has 0 saturated carbocycles. The Hall–Kier alpha value is -1.58. The summed E-state index contributed by atoms with van der Waals surface area (Å²) in [5.74, 6) is 0. The molecule has 0 spiro atoms. The van der Waals surface area contributed by atoms with Crippen LogP contribution in [0.4, 0.5) is 0 Å². The average Bonchev–Trinajstić information content (AvgIpc) is 3.19. The van der Waals surface area contributed by atoms with Gasteiger partial charge in [0.15, 0.2) is 0 Å². The Morgan fingerprint density at radius 2 is 2.09 bits per heavy atom. The van der Waals surface area contributed by atoms with Crippen LogP contribution in [0.25, 0.3) is 22.0 Å². The Morgan fingerprint density at radius 1 is 1.14 bits per heavy atom. The molecule has 0 amide bonds. The van der Waals surface area contributed by atoms with E-state index in [9.17, 15) is 0 Å². The third-order valence-electron chi connectivity index (χ3n) is 4.96. The lowest BCUT2D eigenvalue weighted by Crippen LogP contribution is -2.38. The molecule has 4 rings (SSSR count). The van der Waals surface area contributed by atoms with Gasteiger partial charge in [0.05, 0.1) is 0 Å². The molecule has 2 aromatic heterocycles. The number of piperidine rings is 1. The van der Waals surface area contributed by atoms with Crippen LogP contribution in [-0.4, -0.2) is 29.1 Å². The number of nitrogens with zero attached hydrogens (tertiary/aromatic N) is 2. The van der Waals surface area contributed by atoms with Crippen molar-refractivity contribution < 1.29 is 0 Å². The Bertz CT molecular complexity index is 757. The van der Waals surface area contributed by atoms with Crippen LogP contribution >= 0.6 is 11.3 Å². The van der Waals surface area contributed by atoms with E-state index in [0.29, 0.717) is 6.04 Å². The van der Waals surface area contributed by atoms with E-state index < -0.39 is 0 Å². The Morgan fingerprint density at radius 3 is 2.91 bits per heavy atom. The summed E-state index contributed by atoms with van der Waals surface area (Å²) in [5, 5.41) is 5.72. The summed E-state index contributed by atoms with van der Waals surface area (Å²) in [6.07, 6.45) is 6.29. The summed E-state index contributed by atoms with van der Waals surface area (Å²) >= 11 is 1.76. The molecule has 3 aromatic rings. The van der Waals surface area contributed by atoms with Gasteiger partial charge in [-0.1, -0.05) is 18.6 Å². The number of aromatic nitrogens is 1. The summed E-state index contributed by atoms with van der Waals surface area (Å²) < 4.78 is 2.44. The zero-order valence-corrected chi connectivity index (χ0v) is 13.9. The van der Waals surface area contributed by atoms with Gasteiger partial charge in [0.1, 0.15) is 0 Å². The van der Waals surface area contributed by atoms with Crippen LogP contribution in [-0.2, 0) is 6.54 Å². The molecular weight excluding hydrogens is 288 g/mol. The molecule has 0 N–H and O–H groups in total. The van der Waals surface area contributed by atoms with Crippen LogP contribution in [0.2, 0.25) is 0 Å². The molecule has 1 atom stereocenters. The molecule has 0 radical (unpaired) electrons. The number of likely N-dealkylation sites (N-methyl/N-ethyl adjacent to an activating group) is 1. The third-order valence-corrected chi connectivity index (χ3v) is 5.64. The van der Waals surface area contributed by atoms with E-state index >= 15 is 0 Å². The Balaban J connectivity index is 1.67. The number of likely N-dealkylation sites (tertiary alicyclic amines) is 1. The largest absolute Gasteiger partial charge is 0.346 e. The second-order valence-corrected chi connectivity index (χ2v) is 7.16. The summed E-state index contributed by atoms with van der Waals surface area (Å²) in [4.78, 5) is 2.53. The predicted octanol–water partition coefficient (Wildman–Crippen LogP) is 4.85. The maximum absolute atomic E-state index is 2.53. The molecule has 1 fully saturated rings. The fourth-order valence-electron chi connectivity index (χ4n) is 3.55. The van der Waals surface area contributed by atoms with E-state index in [0.717, 1.165) is 6.54 Å². The lowest BCUT2D eigenvalue weighted by molar-refractivity contribution is 0.169. The zero-order chi connectivity index (χ0) is 14.9. The second-order valence-electron chi connectivity index (χ2n) is 6.38. The maximum atomic E-state index is 2.53. The predicted molar refractivity (Wildman–Crippen MR) is 95.5 cm³/mol. The van der Waals surface area contributed by atoms with E-state index in [4.69, 9.17) is 0 Å². The van der Waals surface area contributed by atoms with E-state index in [1.807, 2.05) is 0 Å². The molecule has 1 saturated heterocycles. The third kappa shape index (κ3) is 2.59. The zero-order valence-electron chi connectivity index (χ0n) is 13.0. The highest BCUT2D eigenvalue weighted by atomic mass is 32.1. The molecule has 22 heavy (non-hydrogen) atoms. The summed E-state index contributed by atoms with van der Waals surface area (Å²) in [5.41, 5.74) is 4.02. The van der Waals surface area contributed by atoms with Crippen LogP contribution in [0.15, 0.2) is 47.3 Å². The van der Waals surface area contributed by atoms with Gasteiger partial charge in [0.25, 0.3) is 0 Å². The monoisotopic (exact) mass is 310 g/mol. The van der Waals surface area contributed by atoms with Crippen molar-refractivity contribution >= 4 is 22.2 Å². The molecule has 114 valence electrons. The van der Waals surface area contributed by atoms with E-state index in [-0.39, 0.29) is 0 Å². The van der Waals surface area contributed by atoms with Gasteiger partial charge in [0, 0.05) is 24.3 Å². The number of benzene rings is 1. The Kier molecular flexibility index (Phi) is 3.77. The van der Waals surface area contributed by atoms with Gasteiger partial charge < -0.3 is 9.47 Å². The first-order chi connectivity index (χ1) is 10.8. The van der Waals surface area contributed by atoms with Gasteiger partial charge in [-0.25, -0.2) is 0 Å². The normalized spacial score (nSPS) is 19.8. The number of hydrogen-bond donors (Lipinski definition) is 0. The van der Waals surface area contributed by atoms with Crippen molar-refractivity contribution in [2.24, 2.45) is 0 Å². The summed E-state index contributed by atoms with van der Waals surface area (Å²) in [6.45, 7) is 2.34. The molecule has 1 unspecified atom stereocenters. The summed E-state index contributed by atoms with van der Waals surface area (Å²) in [6, 6.07) is 12.0. The lowest BCUT2D eigenvalue weighted by atomic mass is 10.0. The molecule has 0 bridgehead atoms. The molecule has 1 aromatic carbocycles. The van der Waals surface area contributed by atoms with Crippen LogP contribution < -0.4 is 0 Å². The van der Waals surface area contributed by atoms with Gasteiger partial charge >= 0.3 is 0 Å². The smallest absolute Gasteiger partial charge is 0.0487 e. The molecular formula is C19H22N2S. The standard InChI is InChI=1S/C19H22N2S/c1-20-9-3-2-4-18(20)13-21-10-7-15-5-6-16(12-19(15)21)17-8-11-22-14-17/h5-8,10-12,14,18H,2-4,9,13H2,1H3. The molecule has 1 aliphatic heterocycles. The van der Waals surface area contributed by atoms with Gasteiger partial charge in [-0.05, 0) is 71.9 Å². The Labute approximate surface area is 136 Å². The highest BCUT2D eigenvalue weighted by Gasteiger charge is 2.19. The second kappa shape index (κ2) is 5.90. The molecule has 3 heterocycles. The minimum atomic E-state index is 0.675. The fraction of sp³-hybridized carbons (Fsp3) is 0.368. The lowest BCUT2D eigenvalue weighted by Gasteiger charge is -2.32. The highest BCUT2D eigenvalue weighted by Crippen LogP contribution is 2.27. The average molecular weight is 310 g/mol. The van der Waals surface area contributed by atoms with Gasteiger partial charge in [-0.2, -0.15) is 11.3 Å². The summed E-state index contributed by atoms with van der Waals surface area (Å²) in [7, 11) is 2.27. The van der Waals surface area contributed by atoms with Gasteiger partial charge in [0.2, 0.25) is 0 Å². The number of thiophene rings is 1.